The van der Waals surface area contributed by atoms with Gasteiger partial charge in [0.1, 0.15) is 17.4 Å². The first-order chi connectivity index (χ1) is 9.51. The van der Waals surface area contributed by atoms with Crippen molar-refractivity contribution >= 4 is 33.3 Å². The maximum absolute atomic E-state index is 13.1. The first-order valence-electron chi connectivity index (χ1n) is 5.57. The molecular weight excluding hydrogens is 329 g/mol. The summed E-state index contributed by atoms with van der Waals surface area (Å²) in [5.74, 6) is -0.557. The monoisotopic (exact) mass is 339 g/mol. The van der Waals surface area contributed by atoms with Crippen molar-refractivity contribution in [3.63, 3.8) is 0 Å². The van der Waals surface area contributed by atoms with Crippen molar-refractivity contribution in [1.29, 1.82) is 0 Å². The summed E-state index contributed by atoms with van der Waals surface area (Å²) in [5, 5.41) is 2.61. The van der Waals surface area contributed by atoms with Crippen LogP contribution in [0, 0.1) is 5.82 Å². The van der Waals surface area contributed by atoms with Gasteiger partial charge in [0.2, 0.25) is 0 Å². The minimum Gasteiger partial charge on any atom is -0.496 e. The van der Waals surface area contributed by atoms with Gasteiger partial charge in [-0.3, -0.25) is 4.79 Å². The average molecular weight is 340 g/mol. The van der Waals surface area contributed by atoms with Crippen molar-refractivity contribution in [2.45, 2.75) is 0 Å². The highest BCUT2D eigenvalue weighted by Gasteiger charge is 2.13. The summed E-state index contributed by atoms with van der Waals surface area (Å²) in [6.07, 6.45) is 0.954. The van der Waals surface area contributed by atoms with E-state index in [1.54, 1.807) is 18.2 Å². The van der Waals surface area contributed by atoms with Gasteiger partial charge in [-0.25, -0.2) is 9.37 Å². The van der Waals surface area contributed by atoms with Gasteiger partial charge in [-0.2, -0.15) is 0 Å². The third kappa shape index (κ3) is 3.05. The van der Waals surface area contributed by atoms with Crippen molar-refractivity contribution < 1.29 is 13.9 Å². The van der Waals surface area contributed by atoms with Crippen LogP contribution in [0.15, 0.2) is 34.9 Å². The maximum Gasteiger partial charge on any atom is 0.259 e. The number of anilines is 2. The van der Waals surface area contributed by atoms with Crippen LogP contribution in [0.1, 0.15) is 10.4 Å². The fourth-order valence-corrected chi connectivity index (χ4v) is 2.11. The zero-order chi connectivity index (χ0) is 14.7. The molecular formula is C13H11BrFN3O2. The molecule has 3 N–H and O–H groups in total. The minimum atomic E-state index is -0.625. The van der Waals surface area contributed by atoms with Crippen molar-refractivity contribution in [2.75, 3.05) is 18.2 Å². The van der Waals surface area contributed by atoms with Gasteiger partial charge >= 0.3 is 0 Å². The molecule has 0 bridgehead atoms. The highest BCUT2D eigenvalue weighted by atomic mass is 79.9. The van der Waals surface area contributed by atoms with Crippen LogP contribution >= 0.6 is 15.9 Å². The molecule has 1 aromatic heterocycles. The number of hydrogen-bond donors (Lipinski definition) is 2. The largest absolute Gasteiger partial charge is 0.496 e. The molecule has 0 aliphatic rings. The number of amides is 1. The average Bonchev–Trinajstić information content (AvgIpc) is 2.41. The fraction of sp³-hybridized carbons (Fsp3) is 0.0769. The zero-order valence-electron chi connectivity index (χ0n) is 10.5. The normalized spacial score (nSPS) is 10.2. The summed E-state index contributed by atoms with van der Waals surface area (Å²) in [6, 6.07) is 6.05. The quantitative estimate of drug-likeness (QED) is 0.901. The van der Waals surface area contributed by atoms with Crippen LogP contribution in [-0.4, -0.2) is 18.0 Å². The van der Waals surface area contributed by atoms with Gasteiger partial charge in [0, 0.05) is 5.69 Å². The third-order valence-electron chi connectivity index (χ3n) is 2.54. The van der Waals surface area contributed by atoms with E-state index >= 15 is 0 Å². The standard InChI is InChI=1S/C13H11BrFN3O2/c1-20-11-3-2-8(5-10(11)14)18-13(19)9-4-7(15)6-17-12(9)16/h2-6H,1H3,(H2,16,17)(H,18,19). The second-order valence-corrected chi connectivity index (χ2v) is 4.74. The van der Waals surface area contributed by atoms with Gasteiger partial charge in [-0.05, 0) is 40.2 Å². The van der Waals surface area contributed by atoms with Crippen LogP contribution in [0.4, 0.5) is 15.9 Å². The van der Waals surface area contributed by atoms with Crippen molar-refractivity contribution in [3.8, 4) is 5.75 Å². The molecule has 0 radical (unpaired) electrons. The number of ether oxygens (including phenoxy) is 1. The summed E-state index contributed by atoms with van der Waals surface area (Å²) in [7, 11) is 1.54. The second-order valence-electron chi connectivity index (χ2n) is 3.89. The first-order valence-corrected chi connectivity index (χ1v) is 6.36. The Kier molecular flexibility index (Phi) is 4.19. The van der Waals surface area contributed by atoms with Gasteiger partial charge in [-0.15, -0.1) is 0 Å². The van der Waals surface area contributed by atoms with E-state index < -0.39 is 11.7 Å². The van der Waals surface area contributed by atoms with Crippen LogP contribution in [0.3, 0.4) is 0 Å². The number of nitrogens with zero attached hydrogens (tertiary/aromatic N) is 1. The van der Waals surface area contributed by atoms with Crippen LogP contribution in [0.2, 0.25) is 0 Å². The summed E-state index contributed by atoms with van der Waals surface area (Å²) in [4.78, 5) is 15.6. The predicted molar refractivity (Wildman–Crippen MR) is 77.3 cm³/mol. The van der Waals surface area contributed by atoms with Crippen molar-refractivity contribution in [1.82, 2.24) is 4.98 Å². The molecule has 0 saturated heterocycles. The molecule has 2 rings (SSSR count). The van der Waals surface area contributed by atoms with Crippen molar-refractivity contribution in [2.24, 2.45) is 0 Å². The number of methoxy groups -OCH3 is 1. The summed E-state index contributed by atoms with van der Waals surface area (Å²) >= 11 is 3.31. The number of halogens is 2. The van der Waals surface area contributed by atoms with Crippen LogP contribution < -0.4 is 15.8 Å². The lowest BCUT2D eigenvalue weighted by Gasteiger charge is -2.09. The van der Waals surface area contributed by atoms with E-state index in [1.807, 2.05) is 0 Å². The van der Waals surface area contributed by atoms with Crippen LogP contribution in [-0.2, 0) is 0 Å². The van der Waals surface area contributed by atoms with E-state index in [0.717, 1.165) is 12.3 Å². The van der Waals surface area contributed by atoms with Gasteiger partial charge in [0.15, 0.2) is 0 Å². The molecule has 2 aromatic rings. The molecule has 0 unspecified atom stereocenters. The number of rotatable bonds is 3. The van der Waals surface area contributed by atoms with Crippen molar-refractivity contribution in [3.05, 3.63) is 46.3 Å². The predicted octanol–water partition coefficient (Wildman–Crippen LogP) is 2.83. The summed E-state index contributed by atoms with van der Waals surface area (Å²) < 4.78 is 18.9. The Hall–Kier alpha value is -2.15. The second kappa shape index (κ2) is 5.87. The highest BCUT2D eigenvalue weighted by molar-refractivity contribution is 9.10. The zero-order valence-corrected chi connectivity index (χ0v) is 12.1. The summed E-state index contributed by atoms with van der Waals surface area (Å²) in [6.45, 7) is 0. The SMILES string of the molecule is COc1ccc(NC(=O)c2cc(F)cnc2N)cc1Br. The Morgan fingerprint density at radius 1 is 1.45 bits per heavy atom. The molecule has 104 valence electrons. The lowest BCUT2D eigenvalue weighted by molar-refractivity contribution is 0.102. The molecule has 0 aliphatic heterocycles. The number of pyridine rings is 1. The number of nitrogens with two attached hydrogens (primary N) is 1. The number of carbonyl (C=O) groups excluding carboxylic acids is 1. The van der Waals surface area contributed by atoms with Gasteiger partial charge < -0.3 is 15.8 Å². The van der Waals surface area contributed by atoms with E-state index in [9.17, 15) is 9.18 Å². The van der Waals surface area contributed by atoms with Crippen LogP contribution in [0.5, 0.6) is 5.75 Å². The Bertz CT molecular complexity index is 664. The third-order valence-corrected chi connectivity index (χ3v) is 3.16. The number of aromatic nitrogens is 1. The van der Waals surface area contributed by atoms with E-state index in [1.165, 1.54) is 7.11 Å². The molecule has 1 aromatic carbocycles. The Morgan fingerprint density at radius 3 is 2.85 bits per heavy atom. The first kappa shape index (κ1) is 14.3. The Morgan fingerprint density at radius 2 is 2.20 bits per heavy atom. The summed E-state index contributed by atoms with van der Waals surface area (Å²) in [5.41, 5.74) is 6.05. The minimum absolute atomic E-state index is 0.0167. The topological polar surface area (TPSA) is 77.2 Å². The molecule has 0 aliphatic carbocycles. The lowest BCUT2D eigenvalue weighted by atomic mass is 10.2. The number of carbonyl (C=O) groups is 1. The van der Waals surface area contributed by atoms with E-state index in [0.29, 0.717) is 15.9 Å². The lowest BCUT2D eigenvalue weighted by Crippen LogP contribution is -2.15. The van der Waals surface area contributed by atoms with E-state index in [-0.39, 0.29) is 11.4 Å². The molecule has 1 amide bonds. The molecule has 0 fully saturated rings. The van der Waals surface area contributed by atoms with E-state index in [2.05, 4.69) is 26.2 Å². The van der Waals surface area contributed by atoms with Crippen LogP contribution in [0.25, 0.3) is 0 Å². The Balaban J connectivity index is 2.23. The molecule has 20 heavy (non-hydrogen) atoms. The van der Waals surface area contributed by atoms with Gasteiger partial charge in [0.25, 0.3) is 5.91 Å². The maximum atomic E-state index is 13.1. The fourth-order valence-electron chi connectivity index (χ4n) is 1.57. The molecule has 0 saturated carbocycles. The Labute approximate surface area is 123 Å². The smallest absolute Gasteiger partial charge is 0.259 e. The van der Waals surface area contributed by atoms with Gasteiger partial charge in [0.05, 0.1) is 23.3 Å². The van der Waals surface area contributed by atoms with Gasteiger partial charge in [-0.1, -0.05) is 0 Å². The number of hydrogen-bond acceptors (Lipinski definition) is 4. The molecule has 0 spiro atoms. The number of nitrogens with one attached hydrogen (secondary N) is 1. The highest BCUT2D eigenvalue weighted by Crippen LogP contribution is 2.28. The molecule has 1 heterocycles. The molecule has 7 heteroatoms. The number of benzene rings is 1. The number of nitrogen functional groups attached to an aromatic ring is 1. The van der Waals surface area contributed by atoms with E-state index in [4.69, 9.17) is 10.5 Å². The molecule has 0 atom stereocenters. The molecule has 5 nitrogen and oxygen atoms in total.